The predicted molar refractivity (Wildman–Crippen MR) is 102 cm³/mol. The quantitative estimate of drug-likeness (QED) is 0.234. The smallest absolute Gasteiger partial charge is 0.179 e. The fourth-order valence-electron chi connectivity index (χ4n) is 2.53. The molecule has 1 aliphatic rings. The first kappa shape index (κ1) is 21.6. The van der Waals surface area contributed by atoms with Gasteiger partial charge in [0.1, 0.15) is 6.79 Å². The van der Waals surface area contributed by atoms with Crippen LogP contribution in [0.1, 0.15) is 27.2 Å². The third-order valence-electron chi connectivity index (χ3n) is 4.02. The normalized spacial score (nSPS) is 19.5. The number of hydrogen-bond donors (Lipinski definition) is 0. The first-order valence-electron chi connectivity index (χ1n) is 8.94. The Bertz CT molecular complexity index is 408. The molecule has 140 valence electrons. The summed E-state index contributed by atoms with van der Waals surface area (Å²) in [5.41, 5.74) is 2.23. The van der Waals surface area contributed by atoms with Crippen molar-refractivity contribution in [3.63, 3.8) is 0 Å². The molecule has 1 saturated heterocycles. The molecule has 0 amide bonds. The fourth-order valence-corrected chi connectivity index (χ4v) is 3.29. The molecule has 0 saturated carbocycles. The molecule has 1 aliphatic heterocycles. The molecule has 0 radical (unpaired) electrons. The van der Waals surface area contributed by atoms with Crippen molar-refractivity contribution in [2.75, 3.05) is 26.6 Å². The van der Waals surface area contributed by atoms with E-state index in [-0.39, 0.29) is 18.3 Å². The van der Waals surface area contributed by atoms with Crippen LogP contribution < -0.4 is 0 Å². The minimum atomic E-state index is -1.05. The van der Waals surface area contributed by atoms with Gasteiger partial charge in [0.2, 0.25) is 0 Å². The van der Waals surface area contributed by atoms with Gasteiger partial charge in [-0.3, -0.25) is 0 Å². The van der Waals surface area contributed by atoms with Crippen LogP contribution in [0.15, 0.2) is 23.8 Å². The minimum Gasteiger partial charge on any atom is -0.356 e. The van der Waals surface area contributed by atoms with Crippen molar-refractivity contribution >= 4 is 8.07 Å². The third kappa shape index (κ3) is 9.13. The van der Waals surface area contributed by atoms with Crippen LogP contribution in [0.25, 0.3) is 0 Å². The SMILES string of the molecule is C=C(C)C[C@@H](OCOCC[Si](C)(C)C)[C@H](C)/C=C(\C)C1OCCO1. The first-order valence-corrected chi connectivity index (χ1v) is 12.6. The van der Waals surface area contributed by atoms with E-state index in [1.165, 1.54) is 0 Å². The van der Waals surface area contributed by atoms with Crippen molar-refractivity contribution in [3.8, 4) is 0 Å². The van der Waals surface area contributed by atoms with E-state index in [0.717, 1.165) is 30.2 Å². The monoisotopic (exact) mass is 356 g/mol. The molecule has 24 heavy (non-hydrogen) atoms. The molecule has 5 heteroatoms. The average molecular weight is 357 g/mol. The highest BCUT2D eigenvalue weighted by atomic mass is 28.3. The van der Waals surface area contributed by atoms with Crippen molar-refractivity contribution in [1.29, 1.82) is 0 Å². The van der Waals surface area contributed by atoms with Crippen molar-refractivity contribution in [2.45, 2.75) is 65.3 Å². The minimum absolute atomic E-state index is 0.0609. The van der Waals surface area contributed by atoms with Gasteiger partial charge < -0.3 is 18.9 Å². The summed E-state index contributed by atoms with van der Waals surface area (Å²) in [4.78, 5) is 0. The Morgan fingerprint density at radius 1 is 1.25 bits per heavy atom. The topological polar surface area (TPSA) is 36.9 Å². The van der Waals surface area contributed by atoms with Gasteiger partial charge in [0.25, 0.3) is 0 Å². The summed E-state index contributed by atoms with van der Waals surface area (Å²) in [6.45, 7) is 19.8. The fraction of sp³-hybridized carbons (Fsp3) is 0.789. The van der Waals surface area contributed by atoms with Gasteiger partial charge >= 0.3 is 0 Å². The Kier molecular flexibility index (Phi) is 9.45. The summed E-state index contributed by atoms with van der Waals surface area (Å²) in [7, 11) is -1.05. The second-order valence-corrected chi connectivity index (χ2v) is 13.7. The maximum atomic E-state index is 6.00. The number of ether oxygens (including phenoxy) is 4. The lowest BCUT2D eigenvalue weighted by Crippen LogP contribution is -2.25. The molecule has 1 fully saturated rings. The summed E-state index contributed by atoms with van der Waals surface area (Å²) in [6, 6.07) is 1.16. The van der Waals surface area contributed by atoms with E-state index in [4.69, 9.17) is 18.9 Å². The van der Waals surface area contributed by atoms with E-state index in [0.29, 0.717) is 20.0 Å². The highest BCUT2D eigenvalue weighted by Crippen LogP contribution is 2.22. The summed E-state index contributed by atoms with van der Waals surface area (Å²) in [5, 5.41) is 0. The van der Waals surface area contributed by atoms with Crippen LogP contribution in [-0.4, -0.2) is 47.1 Å². The molecule has 4 nitrogen and oxygen atoms in total. The molecule has 0 N–H and O–H groups in total. The number of rotatable bonds is 11. The summed E-state index contributed by atoms with van der Waals surface area (Å²) < 4.78 is 22.8. The molecule has 0 unspecified atom stereocenters. The highest BCUT2D eigenvalue weighted by molar-refractivity contribution is 6.76. The number of hydrogen-bond acceptors (Lipinski definition) is 4. The van der Waals surface area contributed by atoms with E-state index in [9.17, 15) is 0 Å². The Labute approximate surface area is 149 Å². The molecule has 0 aromatic rings. The van der Waals surface area contributed by atoms with Gasteiger partial charge in [-0.1, -0.05) is 38.2 Å². The van der Waals surface area contributed by atoms with Gasteiger partial charge in [0, 0.05) is 20.6 Å². The average Bonchev–Trinajstić information content (AvgIpc) is 2.98. The first-order chi connectivity index (χ1) is 11.2. The Hall–Kier alpha value is -0.463. The second-order valence-electron chi connectivity index (χ2n) is 8.05. The summed E-state index contributed by atoms with van der Waals surface area (Å²) >= 11 is 0. The zero-order valence-corrected chi connectivity index (χ0v) is 17.4. The maximum absolute atomic E-state index is 6.00. The van der Waals surface area contributed by atoms with Crippen LogP contribution in [0.4, 0.5) is 0 Å². The highest BCUT2D eigenvalue weighted by Gasteiger charge is 2.22. The van der Waals surface area contributed by atoms with Crippen molar-refractivity contribution in [1.82, 2.24) is 0 Å². The lowest BCUT2D eigenvalue weighted by molar-refractivity contribution is -0.0960. The molecule has 1 heterocycles. The van der Waals surface area contributed by atoms with Crippen LogP contribution >= 0.6 is 0 Å². The standard InChI is InChI=1S/C19H36O4Si/c1-15(2)12-18(23-14-20-10-11-24(5,6)7)16(3)13-17(4)19-21-8-9-22-19/h13,16,18-19H,1,8-12,14H2,2-7H3/b17-13+/t16-,18-/m1/s1. The molecule has 0 bridgehead atoms. The molecule has 0 aliphatic carbocycles. The van der Waals surface area contributed by atoms with E-state index >= 15 is 0 Å². The van der Waals surface area contributed by atoms with E-state index in [1.807, 2.05) is 6.92 Å². The lowest BCUT2D eigenvalue weighted by Gasteiger charge is -2.24. The second kappa shape index (κ2) is 10.5. The predicted octanol–water partition coefficient (Wildman–Crippen LogP) is 4.61. The zero-order valence-electron chi connectivity index (χ0n) is 16.4. The van der Waals surface area contributed by atoms with Gasteiger partial charge in [0.05, 0.1) is 19.3 Å². The Morgan fingerprint density at radius 2 is 1.88 bits per heavy atom. The summed E-state index contributed by atoms with van der Waals surface area (Å²) in [6.07, 6.45) is 2.87. The van der Waals surface area contributed by atoms with Gasteiger partial charge in [-0.05, 0) is 31.9 Å². The van der Waals surface area contributed by atoms with Gasteiger partial charge in [0.15, 0.2) is 6.29 Å². The van der Waals surface area contributed by atoms with Crippen molar-refractivity contribution in [3.05, 3.63) is 23.8 Å². The van der Waals surface area contributed by atoms with Crippen LogP contribution in [0.5, 0.6) is 0 Å². The van der Waals surface area contributed by atoms with Gasteiger partial charge in [-0.25, -0.2) is 0 Å². The Morgan fingerprint density at radius 3 is 2.42 bits per heavy atom. The molecule has 2 atom stereocenters. The molecular weight excluding hydrogens is 320 g/mol. The van der Waals surface area contributed by atoms with Crippen molar-refractivity contribution in [2.24, 2.45) is 5.92 Å². The van der Waals surface area contributed by atoms with Crippen LogP contribution in [0.2, 0.25) is 25.7 Å². The largest absolute Gasteiger partial charge is 0.356 e. The van der Waals surface area contributed by atoms with E-state index in [2.05, 4.69) is 46.1 Å². The molecule has 0 aromatic heterocycles. The van der Waals surface area contributed by atoms with Gasteiger partial charge in [-0.2, -0.15) is 0 Å². The summed E-state index contributed by atoms with van der Waals surface area (Å²) in [5.74, 6) is 0.245. The molecule has 1 rings (SSSR count). The lowest BCUT2D eigenvalue weighted by atomic mass is 9.96. The molecule has 0 spiro atoms. The van der Waals surface area contributed by atoms with Crippen LogP contribution in [0.3, 0.4) is 0 Å². The van der Waals surface area contributed by atoms with Crippen LogP contribution in [-0.2, 0) is 18.9 Å². The van der Waals surface area contributed by atoms with E-state index in [1.54, 1.807) is 0 Å². The Balaban J connectivity index is 2.47. The van der Waals surface area contributed by atoms with Crippen LogP contribution in [0, 0.1) is 5.92 Å². The zero-order chi connectivity index (χ0) is 18.2. The van der Waals surface area contributed by atoms with E-state index < -0.39 is 8.07 Å². The molecular formula is C19H36O4Si. The maximum Gasteiger partial charge on any atom is 0.179 e. The molecule has 0 aromatic carbocycles. The van der Waals surface area contributed by atoms with Gasteiger partial charge in [-0.15, -0.1) is 6.58 Å². The van der Waals surface area contributed by atoms with Crippen molar-refractivity contribution < 1.29 is 18.9 Å². The third-order valence-corrected chi connectivity index (χ3v) is 5.72.